The van der Waals surface area contributed by atoms with Crippen molar-refractivity contribution in [3.63, 3.8) is 0 Å². The maximum atomic E-state index is 13.0. The molecule has 2 heterocycles. The van der Waals surface area contributed by atoms with Gasteiger partial charge in [-0.2, -0.15) is 5.10 Å². The zero-order valence-corrected chi connectivity index (χ0v) is 14.8. The Morgan fingerprint density at radius 2 is 2.08 bits per heavy atom. The lowest BCUT2D eigenvalue weighted by Gasteiger charge is -2.32. The molecule has 2 fully saturated rings. The van der Waals surface area contributed by atoms with Gasteiger partial charge in [-0.15, -0.1) is 0 Å². The van der Waals surface area contributed by atoms with E-state index < -0.39 is 0 Å². The topological polar surface area (TPSA) is 50.2 Å². The van der Waals surface area contributed by atoms with Gasteiger partial charge in [-0.1, -0.05) is 30.3 Å². The molecule has 2 aromatic rings. The van der Waals surface area contributed by atoms with Gasteiger partial charge in [-0.3, -0.25) is 14.4 Å². The highest BCUT2D eigenvalue weighted by Gasteiger charge is 2.37. The number of likely N-dealkylation sites (tertiary alicyclic amines) is 1. The molecule has 0 bridgehead atoms. The van der Waals surface area contributed by atoms with Crippen LogP contribution in [0.2, 0.25) is 0 Å². The molecule has 5 heteroatoms. The first-order valence-corrected chi connectivity index (χ1v) is 9.31. The molecule has 0 radical (unpaired) electrons. The molecule has 1 aliphatic heterocycles. The Kier molecular flexibility index (Phi) is 4.57. The Bertz CT molecular complexity index is 722. The van der Waals surface area contributed by atoms with Crippen molar-refractivity contribution in [1.82, 2.24) is 20.0 Å². The second-order valence-electron chi connectivity index (χ2n) is 7.37. The lowest BCUT2D eigenvalue weighted by atomic mass is 10.0. The summed E-state index contributed by atoms with van der Waals surface area (Å²) in [6, 6.07) is 10.7. The second kappa shape index (κ2) is 7.00. The minimum atomic E-state index is -0.203. The Morgan fingerprint density at radius 3 is 2.76 bits per heavy atom. The van der Waals surface area contributed by atoms with Crippen molar-refractivity contribution in [3.05, 3.63) is 53.9 Å². The van der Waals surface area contributed by atoms with E-state index in [1.165, 1.54) is 5.56 Å². The zero-order valence-electron chi connectivity index (χ0n) is 14.8. The van der Waals surface area contributed by atoms with Crippen LogP contribution in [-0.4, -0.2) is 39.2 Å². The fourth-order valence-corrected chi connectivity index (χ4v) is 3.81. The molecular weight excluding hydrogens is 312 g/mol. The number of hydrogen-bond donors (Lipinski definition) is 1. The van der Waals surface area contributed by atoms with Crippen molar-refractivity contribution in [2.75, 3.05) is 6.54 Å². The molecule has 1 aromatic heterocycles. The molecule has 0 spiro atoms. The van der Waals surface area contributed by atoms with Gasteiger partial charge in [-0.05, 0) is 50.3 Å². The molecule has 1 saturated heterocycles. The molecule has 1 saturated carbocycles. The summed E-state index contributed by atoms with van der Waals surface area (Å²) >= 11 is 0. The monoisotopic (exact) mass is 338 g/mol. The molecule has 5 nitrogen and oxygen atoms in total. The van der Waals surface area contributed by atoms with E-state index in [0.717, 1.165) is 44.3 Å². The van der Waals surface area contributed by atoms with Gasteiger partial charge >= 0.3 is 0 Å². The van der Waals surface area contributed by atoms with Crippen LogP contribution < -0.4 is 5.32 Å². The molecule has 25 heavy (non-hydrogen) atoms. The van der Waals surface area contributed by atoms with Crippen LogP contribution in [0.15, 0.2) is 42.7 Å². The average molecular weight is 338 g/mol. The van der Waals surface area contributed by atoms with Crippen LogP contribution >= 0.6 is 0 Å². The first kappa shape index (κ1) is 16.3. The van der Waals surface area contributed by atoms with E-state index in [1.54, 1.807) is 0 Å². The van der Waals surface area contributed by atoms with Crippen molar-refractivity contribution in [1.29, 1.82) is 0 Å². The third-order valence-corrected chi connectivity index (χ3v) is 5.20. The third-order valence-electron chi connectivity index (χ3n) is 5.20. The van der Waals surface area contributed by atoms with E-state index in [9.17, 15) is 4.79 Å². The van der Waals surface area contributed by atoms with E-state index in [-0.39, 0.29) is 11.9 Å². The summed E-state index contributed by atoms with van der Waals surface area (Å²) in [5.74, 6) is 0.150. The maximum Gasteiger partial charge on any atom is 0.242 e. The summed E-state index contributed by atoms with van der Waals surface area (Å²) in [6.45, 7) is 3.86. The highest BCUT2D eigenvalue weighted by molar-refractivity contribution is 5.83. The molecule has 1 amide bonds. The van der Waals surface area contributed by atoms with E-state index in [2.05, 4.69) is 40.6 Å². The predicted molar refractivity (Wildman–Crippen MR) is 97.0 cm³/mol. The van der Waals surface area contributed by atoms with Gasteiger partial charge in [0.05, 0.1) is 12.7 Å². The Morgan fingerprint density at radius 1 is 1.28 bits per heavy atom. The number of aromatic nitrogens is 2. The van der Waals surface area contributed by atoms with Gasteiger partial charge < -0.3 is 5.32 Å². The Labute approximate surface area is 149 Å². The number of hydrogen-bond acceptors (Lipinski definition) is 3. The zero-order chi connectivity index (χ0) is 17.2. The van der Waals surface area contributed by atoms with Gasteiger partial charge in [0.15, 0.2) is 0 Å². The van der Waals surface area contributed by atoms with Crippen LogP contribution in [-0.2, 0) is 11.3 Å². The largest absolute Gasteiger partial charge is 0.352 e. The van der Waals surface area contributed by atoms with Crippen molar-refractivity contribution in [2.24, 2.45) is 0 Å². The van der Waals surface area contributed by atoms with Crippen LogP contribution in [0.4, 0.5) is 0 Å². The van der Waals surface area contributed by atoms with Crippen LogP contribution in [0.3, 0.4) is 0 Å². The molecule has 1 N–H and O–H groups in total. The quantitative estimate of drug-likeness (QED) is 0.881. The van der Waals surface area contributed by atoms with E-state index in [0.29, 0.717) is 12.1 Å². The number of nitrogens with one attached hydrogen (secondary N) is 1. The van der Waals surface area contributed by atoms with Gasteiger partial charge in [0.1, 0.15) is 6.04 Å². The summed E-state index contributed by atoms with van der Waals surface area (Å²) < 4.78 is 2.01. The van der Waals surface area contributed by atoms with E-state index >= 15 is 0 Å². The van der Waals surface area contributed by atoms with Crippen molar-refractivity contribution < 1.29 is 4.79 Å². The van der Waals surface area contributed by atoms with Gasteiger partial charge in [0.25, 0.3) is 0 Å². The number of nitrogens with zero attached hydrogens (tertiary/aromatic N) is 3. The molecule has 132 valence electrons. The Balaban J connectivity index is 1.57. The number of carbonyl (C=O) groups excluding carboxylic acids is 1. The molecule has 1 aromatic carbocycles. The predicted octanol–water partition coefficient (Wildman–Crippen LogP) is 2.68. The lowest BCUT2D eigenvalue weighted by molar-refractivity contribution is -0.127. The molecular formula is C20H26N4O. The van der Waals surface area contributed by atoms with Gasteiger partial charge in [0.2, 0.25) is 5.91 Å². The van der Waals surface area contributed by atoms with Crippen molar-refractivity contribution in [2.45, 2.75) is 57.3 Å². The summed E-state index contributed by atoms with van der Waals surface area (Å²) in [5, 5.41) is 7.65. The van der Waals surface area contributed by atoms with Crippen LogP contribution in [0, 0.1) is 6.92 Å². The normalized spacial score (nSPS) is 22.0. The summed E-state index contributed by atoms with van der Waals surface area (Å²) in [7, 11) is 0. The standard InChI is InChI=1S/C20H26N4O/c1-15-12-21-23(13-15)14-18-8-5-11-24(18)19(16-6-3-2-4-7-16)20(25)22-17-9-10-17/h2-4,6-7,12-13,17-19H,5,8-11,14H2,1H3,(H,22,25)/t18-,19+/m1/s1. The summed E-state index contributed by atoms with van der Waals surface area (Å²) in [6.07, 6.45) is 8.45. The average Bonchev–Trinajstić information content (AvgIpc) is 3.15. The highest BCUT2D eigenvalue weighted by atomic mass is 16.2. The van der Waals surface area contributed by atoms with Crippen LogP contribution in [0.1, 0.15) is 42.9 Å². The minimum Gasteiger partial charge on any atom is -0.352 e. The number of carbonyl (C=O) groups is 1. The fraction of sp³-hybridized carbons (Fsp3) is 0.500. The number of aryl methyl sites for hydroxylation is 1. The van der Waals surface area contributed by atoms with Gasteiger partial charge in [-0.25, -0.2) is 0 Å². The summed E-state index contributed by atoms with van der Waals surface area (Å²) in [4.78, 5) is 15.4. The third kappa shape index (κ3) is 3.76. The first-order chi connectivity index (χ1) is 12.2. The second-order valence-corrected chi connectivity index (χ2v) is 7.37. The fourth-order valence-electron chi connectivity index (χ4n) is 3.81. The lowest BCUT2D eigenvalue weighted by Crippen LogP contribution is -2.44. The SMILES string of the molecule is Cc1cnn(C[C@H]2CCCN2[C@H](C(=O)NC2CC2)c2ccccc2)c1. The highest BCUT2D eigenvalue weighted by Crippen LogP contribution is 2.31. The number of benzene rings is 1. The molecule has 2 atom stereocenters. The van der Waals surface area contributed by atoms with Gasteiger partial charge in [0, 0.05) is 18.3 Å². The first-order valence-electron chi connectivity index (χ1n) is 9.31. The molecule has 4 rings (SSSR count). The Hall–Kier alpha value is -2.14. The van der Waals surface area contributed by atoms with E-state index in [1.807, 2.05) is 29.1 Å². The number of rotatable bonds is 6. The number of amides is 1. The van der Waals surface area contributed by atoms with Crippen LogP contribution in [0.5, 0.6) is 0 Å². The maximum absolute atomic E-state index is 13.0. The molecule has 1 aliphatic carbocycles. The smallest absolute Gasteiger partial charge is 0.242 e. The van der Waals surface area contributed by atoms with Crippen molar-refractivity contribution in [3.8, 4) is 0 Å². The molecule has 0 unspecified atom stereocenters. The van der Waals surface area contributed by atoms with E-state index in [4.69, 9.17) is 0 Å². The minimum absolute atomic E-state index is 0.150. The summed E-state index contributed by atoms with van der Waals surface area (Å²) in [5.41, 5.74) is 2.26. The van der Waals surface area contributed by atoms with Crippen LogP contribution in [0.25, 0.3) is 0 Å². The molecule has 2 aliphatic rings. The van der Waals surface area contributed by atoms with Crippen molar-refractivity contribution >= 4 is 5.91 Å².